The maximum absolute atomic E-state index is 13.0. The number of fused-ring (bicyclic) bond motifs is 1. The Labute approximate surface area is 211 Å². The van der Waals surface area contributed by atoms with Crippen LogP contribution in [0.2, 0.25) is 0 Å². The minimum absolute atomic E-state index is 0.168. The van der Waals surface area contributed by atoms with E-state index in [0.717, 1.165) is 58.1 Å². The first kappa shape index (κ1) is 25.4. The predicted octanol–water partition coefficient (Wildman–Crippen LogP) is 7.06. The topological polar surface area (TPSA) is 15.7 Å². The molecule has 3 aromatic rings. The fraction of sp³-hybridized carbons (Fsp3) is 0.267. The van der Waals surface area contributed by atoms with E-state index in [1.807, 2.05) is 49.3 Å². The van der Waals surface area contributed by atoms with Crippen LogP contribution in [-0.2, 0) is 19.0 Å². The van der Waals surface area contributed by atoms with E-state index in [4.69, 9.17) is 4.74 Å². The molecule has 0 aliphatic carbocycles. The van der Waals surface area contributed by atoms with Crippen molar-refractivity contribution in [2.24, 2.45) is 0 Å². The molecule has 1 atom stereocenters. The smallest absolute Gasteiger partial charge is 0.416 e. The molecule has 0 saturated carbocycles. The molecule has 6 heteroatoms. The highest BCUT2D eigenvalue weighted by Crippen LogP contribution is 2.38. The van der Waals surface area contributed by atoms with Gasteiger partial charge in [0.2, 0.25) is 0 Å². The van der Waals surface area contributed by atoms with Crippen LogP contribution in [-0.4, -0.2) is 32.1 Å². The Balaban J connectivity index is 1.67. The monoisotopic (exact) mass is 492 g/mol. The number of hydrogen-bond acceptors (Lipinski definition) is 3. The van der Waals surface area contributed by atoms with Crippen molar-refractivity contribution in [1.29, 1.82) is 0 Å². The van der Waals surface area contributed by atoms with E-state index in [-0.39, 0.29) is 5.92 Å². The molecular formula is C30H31F3N2O. The lowest BCUT2D eigenvalue weighted by Crippen LogP contribution is -2.31. The van der Waals surface area contributed by atoms with Gasteiger partial charge in [-0.1, -0.05) is 55.6 Å². The average Bonchev–Trinajstić information content (AvgIpc) is 3.33. The predicted molar refractivity (Wildman–Crippen MR) is 139 cm³/mol. The highest BCUT2D eigenvalue weighted by atomic mass is 19.4. The zero-order valence-electron chi connectivity index (χ0n) is 20.7. The highest BCUT2D eigenvalue weighted by Gasteiger charge is 2.30. The Morgan fingerprint density at radius 2 is 1.64 bits per heavy atom. The maximum atomic E-state index is 13.0. The van der Waals surface area contributed by atoms with Crippen molar-refractivity contribution in [1.82, 2.24) is 4.90 Å². The van der Waals surface area contributed by atoms with E-state index in [1.54, 1.807) is 12.1 Å². The molecule has 3 aromatic carbocycles. The van der Waals surface area contributed by atoms with Gasteiger partial charge in [0.15, 0.2) is 0 Å². The van der Waals surface area contributed by atoms with Crippen molar-refractivity contribution in [3.05, 3.63) is 120 Å². The number of likely N-dealkylation sites (N-methyl/N-ethyl adjacent to an activating group) is 1. The van der Waals surface area contributed by atoms with E-state index >= 15 is 0 Å². The van der Waals surface area contributed by atoms with Gasteiger partial charge in [-0.25, -0.2) is 0 Å². The molecule has 0 aromatic heterocycles. The fourth-order valence-corrected chi connectivity index (χ4v) is 4.52. The SMILES string of the molecule is C=C(C(C(=C)N(CCc1ccc(C(F)(F)F)cc1)c1ccc2c(c1)CCO2)c1ccccc1)N(C)C. The van der Waals surface area contributed by atoms with Crippen LogP contribution in [0.25, 0.3) is 0 Å². The van der Waals surface area contributed by atoms with Crippen molar-refractivity contribution < 1.29 is 17.9 Å². The molecule has 4 rings (SSSR count). The summed E-state index contributed by atoms with van der Waals surface area (Å²) >= 11 is 0. The van der Waals surface area contributed by atoms with Gasteiger partial charge in [0, 0.05) is 44.1 Å². The summed E-state index contributed by atoms with van der Waals surface area (Å²) in [5.74, 6) is 0.725. The molecule has 1 heterocycles. The number of rotatable bonds is 9. The largest absolute Gasteiger partial charge is 0.493 e. The molecule has 1 aliphatic rings. The van der Waals surface area contributed by atoms with Crippen LogP contribution in [0.15, 0.2) is 97.3 Å². The third kappa shape index (κ3) is 5.59. The molecule has 3 nitrogen and oxygen atoms in total. The van der Waals surface area contributed by atoms with Gasteiger partial charge in [0.05, 0.1) is 18.1 Å². The van der Waals surface area contributed by atoms with Gasteiger partial charge in [0.25, 0.3) is 0 Å². The van der Waals surface area contributed by atoms with Crippen LogP contribution >= 0.6 is 0 Å². The maximum Gasteiger partial charge on any atom is 0.416 e. The van der Waals surface area contributed by atoms with Crippen molar-refractivity contribution >= 4 is 5.69 Å². The summed E-state index contributed by atoms with van der Waals surface area (Å²) < 4.78 is 44.8. The lowest BCUT2D eigenvalue weighted by Gasteiger charge is -2.35. The summed E-state index contributed by atoms with van der Waals surface area (Å²) in [5.41, 5.74) is 5.13. The minimum Gasteiger partial charge on any atom is -0.493 e. The van der Waals surface area contributed by atoms with Gasteiger partial charge in [-0.15, -0.1) is 0 Å². The second-order valence-electron chi connectivity index (χ2n) is 9.21. The fourth-order valence-electron chi connectivity index (χ4n) is 4.52. The Morgan fingerprint density at radius 1 is 0.944 bits per heavy atom. The molecule has 188 valence electrons. The standard InChI is InChI=1S/C30H31F3N2O/c1-21(34(3)4)29(24-8-6-5-7-9-24)22(2)35(27-14-15-28-25(20-27)17-19-36-28)18-16-23-10-12-26(13-11-23)30(31,32)33/h5-15,20,29H,1-2,16-19H2,3-4H3. The quantitative estimate of drug-likeness (QED) is 0.318. The van der Waals surface area contributed by atoms with Gasteiger partial charge in [-0.05, 0) is 53.4 Å². The van der Waals surface area contributed by atoms with Crippen LogP contribution in [0.4, 0.5) is 18.9 Å². The van der Waals surface area contributed by atoms with Crippen LogP contribution in [0.1, 0.15) is 28.2 Å². The van der Waals surface area contributed by atoms with Crippen molar-refractivity contribution in [3.8, 4) is 5.75 Å². The number of anilines is 1. The molecule has 0 fully saturated rings. The molecule has 0 amide bonds. The first-order valence-corrected chi connectivity index (χ1v) is 11.9. The molecule has 0 N–H and O–H groups in total. The molecule has 36 heavy (non-hydrogen) atoms. The third-order valence-electron chi connectivity index (χ3n) is 6.61. The van der Waals surface area contributed by atoms with Gasteiger partial charge in [0.1, 0.15) is 5.75 Å². The van der Waals surface area contributed by atoms with E-state index < -0.39 is 11.7 Å². The lowest BCUT2D eigenvalue weighted by molar-refractivity contribution is -0.137. The van der Waals surface area contributed by atoms with Crippen molar-refractivity contribution in [2.75, 3.05) is 32.1 Å². The zero-order valence-corrected chi connectivity index (χ0v) is 20.7. The highest BCUT2D eigenvalue weighted by molar-refractivity contribution is 5.60. The third-order valence-corrected chi connectivity index (χ3v) is 6.61. The molecule has 1 unspecified atom stereocenters. The van der Waals surface area contributed by atoms with Crippen LogP contribution in [0.5, 0.6) is 5.75 Å². The van der Waals surface area contributed by atoms with Gasteiger partial charge in [-0.2, -0.15) is 13.2 Å². The Bertz CT molecular complexity index is 1220. The average molecular weight is 493 g/mol. The number of alkyl halides is 3. The molecule has 0 spiro atoms. The molecule has 0 bridgehead atoms. The summed E-state index contributed by atoms with van der Waals surface area (Å²) in [4.78, 5) is 4.15. The number of nitrogens with zero attached hydrogens (tertiary/aromatic N) is 2. The molecule has 1 aliphatic heterocycles. The minimum atomic E-state index is -4.35. The van der Waals surface area contributed by atoms with Crippen LogP contribution in [0.3, 0.4) is 0 Å². The molecule has 0 saturated heterocycles. The number of halogens is 3. The second-order valence-corrected chi connectivity index (χ2v) is 9.21. The first-order valence-electron chi connectivity index (χ1n) is 11.9. The van der Waals surface area contributed by atoms with Gasteiger partial charge in [-0.3, -0.25) is 0 Å². The molecule has 0 radical (unpaired) electrons. The number of benzene rings is 3. The van der Waals surface area contributed by atoms with Crippen LogP contribution < -0.4 is 9.64 Å². The lowest BCUT2D eigenvalue weighted by atomic mass is 9.91. The Kier molecular flexibility index (Phi) is 7.43. The van der Waals surface area contributed by atoms with E-state index in [1.165, 1.54) is 0 Å². The summed E-state index contributed by atoms with van der Waals surface area (Å²) in [6.45, 7) is 10.1. The number of hydrogen-bond donors (Lipinski definition) is 0. The van der Waals surface area contributed by atoms with Crippen LogP contribution in [0, 0.1) is 0 Å². The van der Waals surface area contributed by atoms with Crippen molar-refractivity contribution in [3.63, 3.8) is 0 Å². The van der Waals surface area contributed by atoms with E-state index in [9.17, 15) is 13.2 Å². The summed E-state index contributed by atoms with van der Waals surface area (Å²) in [7, 11) is 3.93. The summed E-state index contributed by atoms with van der Waals surface area (Å²) in [5, 5.41) is 0. The number of ether oxygens (including phenoxy) is 1. The van der Waals surface area contributed by atoms with E-state index in [2.05, 4.69) is 36.3 Å². The summed E-state index contributed by atoms with van der Waals surface area (Å²) in [6, 6.07) is 21.6. The molecular weight excluding hydrogens is 461 g/mol. The first-order chi connectivity index (χ1) is 17.1. The van der Waals surface area contributed by atoms with E-state index in [0.29, 0.717) is 19.6 Å². The normalized spacial score (nSPS) is 13.5. The van der Waals surface area contributed by atoms with Gasteiger partial charge < -0.3 is 14.5 Å². The Hall–Kier alpha value is -3.67. The van der Waals surface area contributed by atoms with Crippen molar-refractivity contribution in [2.45, 2.75) is 24.9 Å². The van der Waals surface area contributed by atoms with Gasteiger partial charge >= 0.3 is 6.18 Å². The second kappa shape index (κ2) is 10.5. The summed E-state index contributed by atoms with van der Waals surface area (Å²) in [6.07, 6.45) is -2.95. The zero-order chi connectivity index (χ0) is 25.9. The Morgan fingerprint density at radius 3 is 2.28 bits per heavy atom.